The van der Waals surface area contributed by atoms with Crippen LogP contribution in [-0.4, -0.2) is 52.8 Å². The van der Waals surface area contributed by atoms with Crippen LogP contribution in [0.4, 0.5) is 0 Å². The predicted molar refractivity (Wildman–Crippen MR) is 79.6 cm³/mol. The molecule has 2 atom stereocenters. The van der Waals surface area contributed by atoms with Gasteiger partial charge in [0.25, 0.3) is 0 Å². The minimum atomic E-state index is -0.187. The van der Waals surface area contributed by atoms with Crippen molar-refractivity contribution < 1.29 is 9.26 Å². The fraction of sp³-hybridized carbons (Fsp3) is 0.846. The van der Waals surface area contributed by atoms with Crippen molar-refractivity contribution >= 4 is 11.8 Å². The summed E-state index contributed by atoms with van der Waals surface area (Å²) in [6.07, 6.45) is 2.78. The summed E-state index contributed by atoms with van der Waals surface area (Å²) in [7, 11) is 0. The van der Waals surface area contributed by atoms with Crippen molar-refractivity contribution in [2.45, 2.75) is 38.5 Å². The molecule has 0 aliphatic carbocycles. The molecule has 1 fully saturated rings. The van der Waals surface area contributed by atoms with E-state index in [1.807, 2.05) is 0 Å². The molecule has 2 rings (SSSR count). The number of nitrogens with two attached hydrogens (primary N) is 1. The van der Waals surface area contributed by atoms with Crippen LogP contribution in [0.5, 0.6) is 0 Å². The maximum absolute atomic E-state index is 6.04. The van der Waals surface area contributed by atoms with Gasteiger partial charge in [0.2, 0.25) is 11.7 Å². The summed E-state index contributed by atoms with van der Waals surface area (Å²) < 4.78 is 11.0. The molecule has 7 heteroatoms. The normalized spacial score (nSPS) is 22.4. The first-order valence-electron chi connectivity index (χ1n) is 7.05. The van der Waals surface area contributed by atoms with Gasteiger partial charge in [-0.25, -0.2) is 0 Å². The van der Waals surface area contributed by atoms with E-state index in [9.17, 15) is 0 Å². The van der Waals surface area contributed by atoms with Gasteiger partial charge in [0, 0.05) is 19.1 Å². The van der Waals surface area contributed by atoms with E-state index in [0.717, 1.165) is 25.3 Å². The molecule has 1 aliphatic rings. The van der Waals surface area contributed by atoms with E-state index in [1.54, 1.807) is 11.8 Å². The monoisotopic (exact) mass is 300 g/mol. The summed E-state index contributed by atoms with van der Waals surface area (Å²) in [5.41, 5.74) is 6.04. The van der Waals surface area contributed by atoms with Crippen LogP contribution in [0.3, 0.4) is 0 Å². The van der Waals surface area contributed by atoms with Crippen molar-refractivity contribution in [3.63, 3.8) is 0 Å². The van der Waals surface area contributed by atoms with E-state index >= 15 is 0 Å². The van der Waals surface area contributed by atoms with Crippen molar-refractivity contribution in [3.8, 4) is 0 Å². The Morgan fingerprint density at radius 3 is 3.00 bits per heavy atom. The van der Waals surface area contributed by atoms with Gasteiger partial charge in [-0.05, 0) is 32.3 Å². The smallest absolute Gasteiger partial charge is 0.243 e. The summed E-state index contributed by atoms with van der Waals surface area (Å²) in [5, 5.41) is 4.04. The summed E-state index contributed by atoms with van der Waals surface area (Å²) in [6.45, 7) is 6.82. The molecule has 0 spiro atoms. The molecule has 0 amide bonds. The Bertz CT molecular complexity index is 413. The molecule has 1 unspecified atom stereocenters. The lowest BCUT2D eigenvalue weighted by Crippen LogP contribution is -2.42. The van der Waals surface area contributed by atoms with Crippen LogP contribution in [0.25, 0.3) is 0 Å². The Hall–Kier alpha value is -0.630. The molecule has 2 heterocycles. The summed E-state index contributed by atoms with van der Waals surface area (Å²) in [6, 6.07) is 0.310. The lowest BCUT2D eigenvalue weighted by Gasteiger charge is -2.34. The van der Waals surface area contributed by atoms with Crippen LogP contribution in [-0.2, 0) is 4.74 Å². The van der Waals surface area contributed by atoms with E-state index in [4.69, 9.17) is 15.0 Å². The average molecular weight is 300 g/mol. The molecule has 0 saturated carbocycles. The third kappa shape index (κ3) is 3.94. The molecule has 0 bridgehead atoms. The van der Waals surface area contributed by atoms with Crippen LogP contribution in [0.2, 0.25) is 0 Å². The minimum absolute atomic E-state index is 0.114. The molecular weight excluding hydrogens is 276 g/mol. The summed E-state index contributed by atoms with van der Waals surface area (Å²) in [4.78, 5) is 6.78. The van der Waals surface area contributed by atoms with Crippen LogP contribution in [0.1, 0.15) is 44.1 Å². The minimum Gasteiger partial charge on any atom is -0.367 e. The van der Waals surface area contributed by atoms with Crippen molar-refractivity contribution in [2.24, 2.45) is 5.73 Å². The van der Waals surface area contributed by atoms with Crippen molar-refractivity contribution in [2.75, 3.05) is 31.7 Å². The zero-order valence-electron chi connectivity index (χ0n) is 12.4. The molecule has 114 valence electrons. The number of rotatable bonds is 6. The first-order valence-corrected chi connectivity index (χ1v) is 8.45. The second kappa shape index (κ2) is 7.40. The van der Waals surface area contributed by atoms with Gasteiger partial charge in [-0.1, -0.05) is 5.16 Å². The van der Waals surface area contributed by atoms with Crippen LogP contribution in [0.15, 0.2) is 4.52 Å². The van der Waals surface area contributed by atoms with Gasteiger partial charge in [-0.2, -0.15) is 16.7 Å². The molecule has 1 aliphatic heterocycles. The number of thioether (sulfide) groups is 1. The fourth-order valence-corrected chi connectivity index (χ4v) is 2.68. The SMILES string of the molecule is CSCC[C@H](N)c1nc(C2CN(C(C)C)CCO2)no1. The van der Waals surface area contributed by atoms with Crippen LogP contribution >= 0.6 is 11.8 Å². The molecule has 6 nitrogen and oxygen atoms in total. The number of nitrogens with zero attached hydrogens (tertiary/aromatic N) is 3. The van der Waals surface area contributed by atoms with E-state index in [0.29, 0.717) is 24.4 Å². The zero-order valence-corrected chi connectivity index (χ0v) is 13.2. The Kier molecular flexibility index (Phi) is 5.83. The van der Waals surface area contributed by atoms with Crippen molar-refractivity contribution in [3.05, 3.63) is 11.7 Å². The fourth-order valence-electron chi connectivity index (χ4n) is 2.19. The Balaban J connectivity index is 1.97. The van der Waals surface area contributed by atoms with Crippen molar-refractivity contribution in [1.29, 1.82) is 0 Å². The van der Waals surface area contributed by atoms with E-state index in [-0.39, 0.29) is 12.1 Å². The topological polar surface area (TPSA) is 77.4 Å². The van der Waals surface area contributed by atoms with E-state index < -0.39 is 0 Å². The summed E-state index contributed by atoms with van der Waals surface area (Å²) >= 11 is 1.76. The molecule has 2 N–H and O–H groups in total. The largest absolute Gasteiger partial charge is 0.367 e. The van der Waals surface area contributed by atoms with E-state index in [1.165, 1.54) is 0 Å². The highest BCUT2D eigenvalue weighted by molar-refractivity contribution is 7.98. The van der Waals surface area contributed by atoms with Gasteiger partial charge in [0.1, 0.15) is 6.10 Å². The van der Waals surface area contributed by atoms with Crippen LogP contribution in [0, 0.1) is 0 Å². The quantitative estimate of drug-likeness (QED) is 0.855. The predicted octanol–water partition coefficient (Wildman–Crippen LogP) is 1.60. The molecular formula is C13H24N4O2S. The standard InChI is InChI=1S/C13H24N4O2S/c1-9(2)17-5-6-18-11(8-17)12-15-13(19-16-12)10(14)4-7-20-3/h9-11H,4-8,14H2,1-3H3/t10-,11?/m0/s1. The third-order valence-electron chi connectivity index (χ3n) is 3.52. The number of hydrogen-bond donors (Lipinski definition) is 1. The molecule has 0 aromatic carbocycles. The Morgan fingerprint density at radius 1 is 1.50 bits per heavy atom. The molecule has 0 radical (unpaired) electrons. The number of aromatic nitrogens is 2. The van der Waals surface area contributed by atoms with Gasteiger partial charge in [0.05, 0.1) is 12.6 Å². The van der Waals surface area contributed by atoms with Gasteiger partial charge in [-0.15, -0.1) is 0 Å². The Morgan fingerprint density at radius 2 is 2.30 bits per heavy atom. The van der Waals surface area contributed by atoms with Crippen LogP contribution < -0.4 is 5.73 Å². The second-order valence-corrected chi connectivity index (χ2v) is 6.31. The number of ether oxygens (including phenoxy) is 1. The highest BCUT2D eigenvalue weighted by Gasteiger charge is 2.28. The molecule has 1 saturated heterocycles. The van der Waals surface area contributed by atoms with Crippen molar-refractivity contribution in [1.82, 2.24) is 15.0 Å². The summed E-state index contributed by atoms with van der Waals surface area (Å²) in [5.74, 6) is 2.12. The first-order chi connectivity index (χ1) is 9.61. The highest BCUT2D eigenvalue weighted by atomic mass is 32.2. The number of hydrogen-bond acceptors (Lipinski definition) is 7. The second-order valence-electron chi connectivity index (χ2n) is 5.33. The van der Waals surface area contributed by atoms with E-state index in [2.05, 4.69) is 35.1 Å². The molecule has 1 aromatic heterocycles. The molecule has 20 heavy (non-hydrogen) atoms. The van der Waals surface area contributed by atoms with Gasteiger partial charge in [0.15, 0.2) is 0 Å². The molecule has 1 aromatic rings. The van der Waals surface area contributed by atoms with Gasteiger partial charge >= 0.3 is 0 Å². The number of morpholine rings is 1. The maximum atomic E-state index is 6.04. The lowest BCUT2D eigenvalue weighted by atomic mass is 10.2. The first kappa shape index (κ1) is 15.8. The zero-order chi connectivity index (χ0) is 14.5. The van der Waals surface area contributed by atoms with Gasteiger partial charge < -0.3 is 15.0 Å². The third-order valence-corrected chi connectivity index (χ3v) is 4.17. The average Bonchev–Trinajstić information content (AvgIpc) is 2.94. The lowest BCUT2D eigenvalue weighted by molar-refractivity contribution is -0.0450. The van der Waals surface area contributed by atoms with Gasteiger partial charge in [-0.3, -0.25) is 4.90 Å². The highest BCUT2D eigenvalue weighted by Crippen LogP contribution is 2.23. The Labute approximate surface area is 124 Å². The maximum Gasteiger partial charge on any atom is 0.243 e.